The van der Waals surface area contributed by atoms with E-state index in [-0.39, 0.29) is 0 Å². The molecule has 14 rings (SSSR count). The molecular formula is C88H70Mo2O6. The maximum absolute atomic E-state index is 9.56. The quantitative estimate of drug-likeness (QED) is 0.0666. The molecule has 0 saturated heterocycles. The Hall–Kier alpha value is -11.4. The van der Waals surface area contributed by atoms with Crippen molar-refractivity contribution in [3.05, 3.63) is 399 Å². The van der Waals surface area contributed by atoms with E-state index in [1.807, 2.05) is 366 Å². The third-order valence-corrected chi connectivity index (χ3v) is 15.5. The fourth-order valence-electron chi connectivity index (χ4n) is 9.73. The Morgan fingerprint density at radius 3 is 0.427 bits per heavy atom. The van der Waals surface area contributed by atoms with Gasteiger partial charge >= 0.3 is 130 Å². The van der Waals surface area contributed by atoms with E-state index < -0.39 is 0 Å². The van der Waals surface area contributed by atoms with E-state index in [0.29, 0.717) is 34.5 Å². The maximum atomic E-state index is 9.56. The molecule has 0 fully saturated rings. The molecule has 0 radical (unpaired) electrons. The van der Waals surface area contributed by atoms with Gasteiger partial charge in [-0.15, -0.1) is 0 Å². The molecule has 8 heteroatoms. The average molecular weight is 1420 g/mol. The fraction of sp³-hybridized carbons (Fsp3) is 0. The summed E-state index contributed by atoms with van der Waals surface area (Å²) in [5, 5.41) is 57.4. The van der Waals surface area contributed by atoms with Gasteiger partial charge in [-0.2, -0.15) is 0 Å². The molecule has 470 valence electrons. The number of phenolic OH excluding ortho intramolecular Hbond substituents is 6. The molecule has 0 amide bonds. The molecule has 0 aliphatic heterocycles. The van der Waals surface area contributed by atoms with E-state index in [1.165, 1.54) is 11.1 Å². The van der Waals surface area contributed by atoms with Gasteiger partial charge in [0.15, 0.2) is 0 Å². The number of rotatable bonds is 8. The zero-order valence-corrected chi connectivity index (χ0v) is 56.5. The molecule has 0 bridgehead atoms. The first-order chi connectivity index (χ1) is 47.1. The SMILES string of the molecule is Oc1ccccc1-c1ccccc1.Oc1ccccc1-c1ccccc1.Oc1ccccc1-c1ccccc1.Oc1ccccc1-c1ccccc1.Oc1ccccc1-c1ccccc1.Oc1ccccc1-c1ccccc1.[Mo]#[C]/C(=C(/[C]#[Mo])c1ccccc1)c1ccccc1. The molecule has 0 aliphatic rings. The summed E-state index contributed by atoms with van der Waals surface area (Å²) >= 11 is 3.75. The Bertz CT molecular complexity index is 4010. The van der Waals surface area contributed by atoms with Crippen LogP contribution in [0.3, 0.4) is 0 Å². The summed E-state index contributed by atoms with van der Waals surface area (Å²) in [6.07, 6.45) is 0. The van der Waals surface area contributed by atoms with Crippen LogP contribution in [0.4, 0.5) is 0 Å². The van der Waals surface area contributed by atoms with Crippen LogP contribution < -0.4 is 0 Å². The van der Waals surface area contributed by atoms with Crippen molar-refractivity contribution in [2.75, 3.05) is 0 Å². The van der Waals surface area contributed by atoms with Gasteiger partial charge < -0.3 is 30.6 Å². The van der Waals surface area contributed by atoms with Gasteiger partial charge in [0, 0.05) is 33.4 Å². The minimum absolute atomic E-state index is 0.328. The van der Waals surface area contributed by atoms with Crippen molar-refractivity contribution in [1.29, 1.82) is 0 Å². The Balaban J connectivity index is 0.000000144. The Morgan fingerprint density at radius 2 is 0.292 bits per heavy atom. The molecule has 96 heavy (non-hydrogen) atoms. The van der Waals surface area contributed by atoms with Gasteiger partial charge in [0.1, 0.15) is 34.5 Å². The van der Waals surface area contributed by atoms with Crippen molar-refractivity contribution >= 4 is 11.1 Å². The van der Waals surface area contributed by atoms with Crippen LogP contribution in [0.15, 0.2) is 388 Å². The summed E-state index contributed by atoms with van der Waals surface area (Å²) in [6.45, 7) is 0. The molecule has 0 spiro atoms. The van der Waals surface area contributed by atoms with Gasteiger partial charge in [0.25, 0.3) is 0 Å². The van der Waals surface area contributed by atoms with Crippen molar-refractivity contribution < 1.29 is 68.9 Å². The standard InChI is InChI=1S/C16H10.6C12H10O.2Mo/c1-13(15-9-5-3-6-10-15)14(2)16-11-7-4-8-12-16;6*13-12-9-5-4-8-11(12)10-6-2-1-3-7-10;;/h3-12H;6*1-9,13H;;/b14-13+;;;;;;;;. The van der Waals surface area contributed by atoms with E-state index in [9.17, 15) is 30.6 Å². The van der Waals surface area contributed by atoms with E-state index in [4.69, 9.17) is 0 Å². The molecule has 0 heterocycles. The number of hydrogen-bond acceptors (Lipinski definition) is 6. The Morgan fingerprint density at radius 1 is 0.167 bits per heavy atom. The first-order valence-corrected chi connectivity index (χ1v) is 32.8. The Kier molecular flexibility index (Phi) is 28.7. The van der Waals surface area contributed by atoms with Gasteiger partial charge in [0.05, 0.1) is 0 Å². The summed E-state index contributed by atoms with van der Waals surface area (Å²) in [7, 11) is 0. The molecule has 0 aliphatic carbocycles. The van der Waals surface area contributed by atoms with Crippen LogP contribution in [0.2, 0.25) is 0 Å². The molecule has 0 aromatic heterocycles. The van der Waals surface area contributed by atoms with Crippen molar-refractivity contribution in [3.8, 4) is 110 Å². The number of hydrogen-bond donors (Lipinski definition) is 6. The molecule has 14 aromatic rings. The molecule has 0 unspecified atom stereocenters. The number of benzene rings is 14. The van der Waals surface area contributed by atoms with E-state index in [0.717, 1.165) is 77.9 Å². The summed E-state index contributed by atoms with van der Waals surface area (Å²) < 4.78 is 6.59. The van der Waals surface area contributed by atoms with Crippen LogP contribution >= 0.6 is 0 Å². The number of aromatic hydroxyl groups is 6. The summed E-state index contributed by atoms with van der Waals surface area (Å²) in [5.41, 5.74) is 16.1. The Labute approximate surface area is 584 Å². The topological polar surface area (TPSA) is 121 Å². The van der Waals surface area contributed by atoms with E-state index >= 15 is 0 Å². The second-order valence-corrected chi connectivity index (χ2v) is 22.0. The predicted octanol–water partition coefficient (Wildman–Crippen LogP) is 22.0. The second kappa shape index (κ2) is 39.2. The first-order valence-electron chi connectivity index (χ1n) is 30.7. The fourth-order valence-corrected chi connectivity index (χ4v) is 10.8. The summed E-state index contributed by atoms with van der Waals surface area (Å²) in [6, 6.07) is 124. The second-order valence-electron chi connectivity index (χ2n) is 21.0. The molecular weight excluding hydrogens is 1340 g/mol. The van der Waals surface area contributed by atoms with Crippen LogP contribution in [-0.2, 0) is 38.3 Å². The minimum atomic E-state index is 0.328. The predicted molar refractivity (Wildman–Crippen MR) is 389 cm³/mol. The van der Waals surface area contributed by atoms with Gasteiger partial charge in [0.2, 0.25) is 0 Å². The summed E-state index contributed by atoms with van der Waals surface area (Å²) in [4.78, 5) is 0. The van der Waals surface area contributed by atoms with E-state index in [1.54, 1.807) is 36.4 Å². The zero-order valence-electron chi connectivity index (χ0n) is 52.5. The molecule has 0 atom stereocenters. The van der Waals surface area contributed by atoms with Crippen LogP contribution in [0.5, 0.6) is 34.5 Å². The third-order valence-electron chi connectivity index (χ3n) is 14.5. The molecule has 6 N–H and O–H groups in total. The normalized spacial score (nSPS) is 10.1. The molecule has 6 nitrogen and oxygen atoms in total. The van der Waals surface area contributed by atoms with Crippen molar-refractivity contribution in [2.45, 2.75) is 0 Å². The van der Waals surface area contributed by atoms with Crippen LogP contribution in [0.25, 0.3) is 77.9 Å². The van der Waals surface area contributed by atoms with Crippen molar-refractivity contribution in [2.24, 2.45) is 0 Å². The third kappa shape index (κ3) is 21.8. The monoisotopic (exact) mass is 1420 g/mol. The van der Waals surface area contributed by atoms with Crippen LogP contribution in [-0.4, -0.2) is 30.6 Å². The zero-order chi connectivity index (χ0) is 67.4. The summed E-state index contributed by atoms with van der Waals surface area (Å²) in [5.74, 6) is 1.97. The van der Waals surface area contributed by atoms with Gasteiger partial charge in [-0.25, -0.2) is 0 Å². The average Bonchev–Trinajstić information content (AvgIpc) is 1.23. The van der Waals surface area contributed by atoms with Crippen LogP contribution in [0.1, 0.15) is 11.1 Å². The number of para-hydroxylation sites is 6. The van der Waals surface area contributed by atoms with Crippen molar-refractivity contribution in [3.63, 3.8) is 0 Å². The number of allylic oxidation sites excluding steroid dienone is 2. The van der Waals surface area contributed by atoms with E-state index in [2.05, 4.69) is 32.7 Å². The van der Waals surface area contributed by atoms with Crippen molar-refractivity contribution in [1.82, 2.24) is 0 Å². The first kappa shape index (κ1) is 70.4. The molecule has 0 saturated carbocycles. The number of phenols is 6. The van der Waals surface area contributed by atoms with Gasteiger partial charge in [-0.3, -0.25) is 0 Å². The van der Waals surface area contributed by atoms with Crippen LogP contribution in [0, 0.1) is 8.40 Å². The molecule has 14 aromatic carbocycles. The van der Waals surface area contributed by atoms with Gasteiger partial charge in [-0.05, 0) is 69.8 Å². The van der Waals surface area contributed by atoms with Gasteiger partial charge in [-0.1, -0.05) is 291 Å².